The van der Waals surface area contributed by atoms with Gasteiger partial charge in [-0.1, -0.05) is 0 Å². The minimum atomic E-state index is -0.512. The van der Waals surface area contributed by atoms with Crippen LogP contribution in [-0.4, -0.2) is 61.2 Å². The van der Waals surface area contributed by atoms with Crippen molar-refractivity contribution in [1.82, 2.24) is 4.90 Å². The second-order valence-electron chi connectivity index (χ2n) is 6.96. The fourth-order valence-corrected chi connectivity index (χ4v) is 3.66. The fraction of sp³-hybridized carbons (Fsp3) is 0.526. The SMILES string of the molecule is O=C1COc2ccc(C(=O)CCC(=O)N3CCC4(CC3)OCCO4)cc2N1. The van der Waals surface area contributed by atoms with Crippen LogP contribution in [0.5, 0.6) is 5.75 Å². The number of Topliss-reactive ketones (excluding diaryl/α,β-unsaturated/α-hetero) is 1. The minimum Gasteiger partial charge on any atom is -0.482 e. The van der Waals surface area contributed by atoms with Crippen LogP contribution in [-0.2, 0) is 19.1 Å². The lowest BCUT2D eigenvalue weighted by Gasteiger charge is -2.37. The standard InChI is InChI=1S/C19H22N2O6/c22-15(13-1-3-16-14(11-13)20-17(23)12-25-16)2-4-18(24)21-7-5-19(6-8-21)26-9-10-27-19/h1,3,11H,2,4-10,12H2,(H,20,23). The van der Waals surface area contributed by atoms with Crippen molar-refractivity contribution in [2.75, 3.05) is 38.2 Å². The molecule has 4 rings (SSSR count). The van der Waals surface area contributed by atoms with Crippen LogP contribution >= 0.6 is 0 Å². The molecular weight excluding hydrogens is 352 g/mol. The number of carbonyl (C=O) groups is 3. The molecule has 0 unspecified atom stereocenters. The van der Waals surface area contributed by atoms with Crippen LogP contribution in [0.15, 0.2) is 18.2 Å². The summed E-state index contributed by atoms with van der Waals surface area (Å²) < 4.78 is 16.6. The number of piperidine rings is 1. The number of fused-ring (bicyclic) bond motifs is 1. The summed E-state index contributed by atoms with van der Waals surface area (Å²) in [6.07, 6.45) is 1.61. The van der Waals surface area contributed by atoms with E-state index in [2.05, 4.69) is 5.32 Å². The molecule has 0 aliphatic carbocycles. The number of amides is 2. The third kappa shape index (κ3) is 3.81. The van der Waals surface area contributed by atoms with Crippen LogP contribution in [0.2, 0.25) is 0 Å². The number of hydrogen-bond acceptors (Lipinski definition) is 6. The molecule has 1 N–H and O–H groups in total. The summed E-state index contributed by atoms with van der Waals surface area (Å²) in [5, 5.41) is 2.68. The van der Waals surface area contributed by atoms with Crippen LogP contribution in [0.3, 0.4) is 0 Å². The Morgan fingerprint density at radius 3 is 2.59 bits per heavy atom. The zero-order chi connectivity index (χ0) is 18.9. The van der Waals surface area contributed by atoms with E-state index >= 15 is 0 Å². The molecule has 8 nitrogen and oxygen atoms in total. The van der Waals surface area contributed by atoms with Gasteiger partial charge in [-0.05, 0) is 18.2 Å². The number of rotatable bonds is 4. The number of hydrogen-bond donors (Lipinski definition) is 1. The van der Waals surface area contributed by atoms with Crippen LogP contribution in [0, 0.1) is 0 Å². The van der Waals surface area contributed by atoms with E-state index in [1.54, 1.807) is 23.1 Å². The Bertz CT molecular complexity index is 761. The normalized spacial score (nSPS) is 20.7. The molecule has 1 spiro atoms. The maximum atomic E-state index is 12.4. The largest absolute Gasteiger partial charge is 0.482 e. The summed E-state index contributed by atoms with van der Waals surface area (Å²) in [6, 6.07) is 4.91. The average molecular weight is 374 g/mol. The van der Waals surface area contributed by atoms with Crippen molar-refractivity contribution in [1.29, 1.82) is 0 Å². The zero-order valence-corrected chi connectivity index (χ0v) is 15.0. The van der Waals surface area contributed by atoms with E-state index in [0.29, 0.717) is 56.1 Å². The molecule has 2 fully saturated rings. The molecular formula is C19H22N2O6. The lowest BCUT2D eigenvalue weighted by Crippen LogP contribution is -2.47. The van der Waals surface area contributed by atoms with Crippen molar-refractivity contribution in [2.45, 2.75) is 31.5 Å². The van der Waals surface area contributed by atoms with Crippen molar-refractivity contribution in [3.63, 3.8) is 0 Å². The molecule has 3 aliphatic heterocycles. The van der Waals surface area contributed by atoms with Crippen molar-refractivity contribution in [3.05, 3.63) is 23.8 Å². The van der Waals surface area contributed by atoms with E-state index in [9.17, 15) is 14.4 Å². The number of ether oxygens (including phenoxy) is 3. The molecule has 8 heteroatoms. The topological polar surface area (TPSA) is 94.2 Å². The molecule has 0 radical (unpaired) electrons. The Morgan fingerprint density at radius 2 is 1.85 bits per heavy atom. The van der Waals surface area contributed by atoms with Gasteiger partial charge in [-0.2, -0.15) is 0 Å². The van der Waals surface area contributed by atoms with Gasteiger partial charge < -0.3 is 24.4 Å². The van der Waals surface area contributed by atoms with E-state index < -0.39 is 5.79 Å². The quantitative estimate of drug-likeness (QED) is 0.800. The molecule has 27 heavy (non-hydrogen) atoms. The first kappa shape index (κ1) is 17.9. The van der Waals surface area contributed by atoms with E-state index in [4.69, 9.17) is 14.2 Å². The Hall–Kier alpha value is -2.45. The van der Waals surface area contributed by atoms with Crippen molar-refractivity contribution >= 4 is 23.3 Å². The third-order valence-corrected chi connectivity index (χ3v) is 5.19. The lowest BCUT2D eigenvalue weighted by molar-refractivity contribution is -0.187. The maximum absolute atomic E-state index is 12.4. The molecule has 1 aromatic carbocycles. The van der Waals surface area contributed by atoms with E-state index in [-0.39, 0.29) is 37.0 Å². The Kier molecular flexibility index (Phi) is 4.84. The van der Waals surface area contributed by atoms with Gasteiger partial charge >= 0.3 is 0 Å². The van der Waals surface area contributed by atoms with E-state index in [1.807, 2.05) is 0 Å². The Labute approximate surface area is 156 Å². The van der Waals surface area contributed by atoms with Gasteiger partial charge in [0.05, 0.1) is 18.9 Å². The molecule has 0 atom stereocenters. The first-order valence-electron chi connectivity index (χ1n) is 9.20. The number of ketones is 1. The second kappa shape index (κ2) is 7.28. The van der Waals surface area contributed by atoms with Crippen LogP contribution in [0.1, 0.15) is 36.0 Å². The summed E-state index contributed by atoms with van der Waals surface area (Å²) in [4.78, 5) is 38.0. The van der Waals surface area contributed by atoms with Crippen LogP contribution < -0.4 is 10.1 Å². The summed E-state index contributed by atoms with van der Waals surface area (Å²) in [6.45, 7) is 2.34. The summed E-state index contributed by atoms with van der Waals surface area (Å²) in [5.41, 5.74) is 0.944. The molecule has 144 valence electrons. The number of benzene rings is 1. The number of nitrogens with one attached hydrogen (secondary N) is 1. The van der Waals surface area contributed by atoms with Gasteiger partial charge in [-0.25, -0.2) is 0 Å². The molecule has 3 heterocycles. The van der Waals surface area contributed by atoms with Gasteiger partial charge in [0.1, 0.15) is 5.75 Å². The molecule has 0 bridgehead atoms. The van der Waals surface area contributed by atoms with E-state index in [0.717, 1.165) is 0 Å². The van der Waals surface area contributed by atoms with Crippen molar-refractivity contribution in [2.24, 2.45) is 0 Å². The first-order valence-corrected chi connectivity index (χ1v) is 9.20. The van der Waals surface area contributed by atoms with Gasteiger partial charge in [0.2, 0.25) is 5.91 Å². The second-order valence-corrected chi connectivity index (χ2v) is 6.96. The highest BCUT2D eigenvalue weighted by atomic mass is 16.7. The molecule has 3 aliphatic rings. The highest BCUT2D eigenvalue weighted by Crippen LogP contribution is 2.32. The highest BCUT2D eigenvalue weighted by molar-refractivity contribution is 6.01. The fourth-order valence-electron chi connectivity index (χ4n) is 3.66. The van der Waals surface area contributed by atoms with Gasteiger partial charge in [0.25, 0.3) is 5.91 Å². The first-order chi connectivity index (χ1) is 13.0. The number of carbonyl (C=O) groups excluding carboxylic acids is 3. The van der Waals surface area contributed by atoms with Gasteiger partial charge in [-0.3, -0.25) is 14.4 Å². The molecule has 0 aromatic heterocycles. The third-order valence-electron chi connectivity index (χ3n) is 5.19. The summed E-state index contributed by atoms with van der Waals surface area (Å²) in [7, 11) is 0. The lowest BCUT2D eigenvalue weighted by atomic mass is 10.0. The van der Waals surface area contributed by atoms with Gasteiger partial charge in [0, 0.05) is 44.3 Å². The zero-order valence-electron chi connectivity index (χ0n) is 15.0. The van der Waals surface area contributed by atoms with Gasteiger partial charge in [-0.15, -0.1) is 0 Å². The molecule has 0 saturated carbocycles. The average Bonchev–Trinajstić information content (AvgIpc) is 3.13. The summed E-state index contributed by atoms with van der Waals surface area (Å²) >= 11 is 0. The van der Waals surface area contributed by atoms with Crippen LogP contribution in [0.4, 0.5) is 5.69 Å². The molecule has 2 amide bonds. The smallest absolute Gasteiger partial charge is 0.262 e. The predicted molar refractivity (Wildman–Crippen MR) is 94.6 cm³/mol. The monoisotopic (exact) mass is 374 g/mol. The Morgan fingerprint density at radius 1 is 1.11 bits per heavy atom. The number of anilines is 1. The molecule has 2 saturated heterocycles. The predicted octanol–water partition coefficient (Wildman–Crippen LogP) is 1.35. The maximum Gasteiger partial charge on any atom is 0.262 e. The van der Waals surface area contributed by atoms with E-state index in [1.165, 1.54) is 0 Å². The molecule has 1 aromatic rings. The number of likely N-dealkylation sites (tertiary alicyclic amines) is 1. The summed E-state index contributed by atoms with van der Waals surface area (Å²) in [5.74, 6) is -0.392. The number of nitrogens with zero attached hydrogens (tertiary/aromatic N) is 1. The van der Waals surface area contributed by atoms with Crippen molar-refractivity contribution < 1.29 is 28.6 Å². The minimum absolute atomic E-state index is 0.0258. The van der Waals surface area contributed by atoms with Gasteiger partial charge in [0.15, 0.2) is 18.2 Å². The Balaban J connectivity index is 1.30. The van der Waals surface area contributed by atoms with Crippen LogP contribution in [0.25, 0.3) is 0 Å². The highest BCUT2D eigenvalue weighted by Gasteiger charge is 2.40. The van der Waals surface area contributed by atoms with Crippen molar-refractivity contribution in [3.8, 4) is 5.75 Å².